The molecule has 2 saturated heterocycles. The average molecular weight is 1770 g/mol. The number of aliphatic carboxylic acids is 7. The van der Waals surface area contributed by atoms with E-state index >= 15 is 0 Å². The Morgan fingerprint density at radius 2 is 0.903 bits per heavy atom. The van der Waals surface area contributed by atoms with E-state index < -0.39 is 66.3 Å². The third kappa shape index (κ3) is 53.7. The van der Waals surface area contributed by atoms with Gasteiger partial charge in [-0.05, 0) is 69.7 Å². The van der Waals surface area contributed by atoms with E-state index in [1.54, 1.807) is 9.80 Å². The molecule has 3 amide bonds. The van der Waals surface area contributed by atoms with Crippen LogP contribution >= 0.6 is 0 Å². The molecule has 4 rings (SSSR count). The first-order valence-electron chi connectivity index (χ1n) is 38.4. The summed E-state index contributed by atoms with van der Waals surface area (Å²) in [6.45, 7) is 13.0. The second-order valence-corrected chi connectivity index (χ2v) is 26.8. The molecule has 2 aromatic rings. The number of hydrogen-bond acceptors (Lipinski definition) is 29. The summed E-state index contributed by atoms with van der Waals surface area (Å²) in [7, 11) is 1.94. The van der Waals surface area contributed by atoms with Crippen LogP contribution in [0, 0.1) is 36.9 Å². The molecule has 113 heavy (non-hydrogen) atoms. The molecule has 0 bridgehead atoms. The molecular formula is C73H121LuN13O26. The molecule has 0 aliphatic carbocycles. The Labute approximate surface area is 689 Å². The first-order chi connectivity index (χ1) is 54.0. The number of benzene rings is 1. The molecule has 0 spiro atoms. The zero-order valence-electron chi connectivity index (χ0n) is 65.1. The number of carboxylic acids is 7. The molecule has 0 saturated carbocycles. The van der Waals surface area contributed by atoms with Crippen molar-refractivity contribution in [3.8, 4) is 0 Å². The maximum absolute atomic E-state index is 12.5. The number of aromatic nitrogens is 3. The number of amides is 3. The largest absolute Gasteiger partial charge is 0.481 e. The third-order valence-corrected chi connectivity index (χ3v) is 17.8. The van der Waals surface area contributed by atoms with E-state index in [2.05, 4.69) is 36.0 Å². The van der Waals surface area contributed by atoms with E-state index in [0.717, 1.165) is 95.2 Å². The molecule has 2 fully saturated rings. The van der Waals surface area contributed by atoms with E-state index in [4.69, 9.17) is 72.6 Å². The number of carbonyl (C=O) groups excluding carboxylic acids is 4. The molecule has 1 radical (unpaired) electrons. The number of likely N-dealkylation sites (N-methyl/N-ethyl adjacent to an activating group) is 1. The van der Waals surface area contributed by atoms with Crippen LogP contribution < -0.4 is 26.2 Å². The van der Waals surface area contributed by atoms with Gasteiger partial charge in [0, 0.05) is 147 Å². The summed E-state index contributed by atoms with van der Waals surface area (Å²) >= 11 is 0. The fourth-order valence-corrected chi connectivity index (χ4v) is 11.9. The summed E-state index contributed by atoms with van der Waals surface area (Å²) < 4.78 is 44.3. The van der Waals surface area contributed by atoms with Crippen LogP contribution in [-0.2, 0) is 98.7 Å². The van der Waals surface area contributed by atoms with Gasteiger partial charge in [0.15, 0.2) is 0 Å². The summed E-state index contributed by atoms with van der Waals surface area (Å²) in [5.41, 5.74) is 1.93. The van der Waals surface area contributed by atoms with Crippen LogP contribution in [0.3, 0.4) is 0 Å². The Kier molecular flexibility index (Phi) is 58.8. The fraction of sp³-hybridized carbons (Fsp3) is 0.740. The van der Waals surface area contributed by atoms with Crippen molar-refractivity contribution in [2.24, 2.45) is 0 Å². The summed E-state index contributed by atoms with van der Waals surface area (Å²) in [5, 5.41) is 76.2. The minimum atomic E-state index is -1.50. The minimum Gasteiger partial charge on any atom is -0.481 e. The van der Waals surface area contributed by atoms with Gasteiger partial charge in [-0.3, -0.25) is 48.4 Å². The number of carboxylic acid groups (broad SMARTS) is 7. The van der Waals surface area contributed by atoms with Gasteiger partial charge in [0.05, 0.1) is 132 Å². The van der Waals surface area contributed by atoms with Gasteiger partial charge in [-0.1, -0.05) is 62.8 Å². The Morgan fingerprint density at radius 1 is 0.460 bits per heavy atom. The quantitative estimate of drug-likeness (QED) is 0.0410. The number of piperazine rings is 1. The van der Waals surface area contributed by atoms with Gasteiger partial charge < -0.3 is 105 Å². The van der Waals surface area contributed by atoms with Crippen molar-refractivity contribution < 1.29 is 163 Å². The smallest absolute Gasteiger partial charge is 0.373 e. The summed E-state index contributed by atoms with van der Waals surface area (Å²) in [5.74, 6) is -6.40. The van der Waals surface area contributed by atoms with Crippen LogP contribution in [-0.4, -0.2) is 377 Å². The topological polar surface area (TPSA) is 509 Å². The average Bonchev–Trinajstić information content (AvgIpc) is 0.820. The molecule has 3 heterocycles. The zero-order valence-corrected chi connectivity index (χ0v) is 66.7. The van der Waals surface area contributed by atoms with Gasteiger partial charge in [-0.15, -0.1) is 0 Å². The molecule has 1 unspecified atom stereocenters. The standard InChI is InChI=1S/C72H121N13O24.CO2.Lu/c1-80-24-25-82(53-65(91)92)26-27-83(54-66(93)94)30-33-85(55-67(95)96)58(52-80)50-56-14-16-57(17-15-56)51-61-77-70(74-22-35-103-37-39-105-41-43-107-45-47-109-49-48-108-46-44-106-42-40-104-38-36-102-34-20-64(89)90)79-71(78-61)84-31-28-81(29-32-84)23-11-7-5-3-2-4-6-8-13-62(86)73-21-10-9-12-59(68(97)98)75-72(101)76-60(69(99)100)18-19-63(87)88;2-1-3;/h14-17,58-60H,2-13,18-55H2,1H3,(H,73,86)(H,87,88)(H,89,90)(H,91,92)(H,93,94)(H,95,96)(H,97,98)(H,99,100)(H2,75,76,101)(H,74,77,78,79);;/t58?,59-,60-;;/m0../s1. The molecule has 649 valence electrons. The second kappa shape index (κ2) is 65.1. The number of nitrogens with one attached hydrogen (secondary N) is 4. The van der Waals surface area contributed by atoms with Crippen LogP contribution in [0.2, 0.25) is 0 Å². The number of ether oxygens (including phenoxy) is 8. The number of carbonyl (C=O) groups is 9. The van der Waals surface area contributed by atoms with Gasteiger partial charge in [-0.25, -0.2) is 14.4 Å². The summed E-state index contributed by atoms with van der Waals surface area (Å²) in [6, 6.07) is 4.00. The molecule has 1 aromatic carbocycles. The predicted molar refractivity (Wildman–Crippen MR) is 402 cm³/mol. The van der Waals surface area contributed by atoms with Crippen LogP contribution in [0.25, 0.3) is 0 Å². The number of unbranched alkanes of at least 4 members (excludes halogenated alkanes) is 8. The van der Waals surface area contributed by atoms with Crippen molar-refractivity contribution in [2.45, 2.75) is 127 Å². The third-order valence-electron chi connectivity index (χ3n) is 17.8. The van der Waals surface area contributed by atoms with Gasteiger partial charge >= 0.3 is 54.0 Å². The second-order valence-electron chi connectivity index (χ2n) is 26.8. The van der Waals surface area contributed by atoms with Crippen molar-refractivity contribution in [3.63, 3.8) is 0 Å². The predicted octanol–water partition coefficient (Wildman–Crippen LogP) is 0.904. The molecule has 2 aliphatic rings. The van der Waals surface area contributed by atoms with E-state index in [1.807, 2.05) is 36.2 Å². The summed E-state index contributed by atoms with van der Waals surface area (Å²) in [6.07, 6.45) is 9.71. The van der Waals surface area contributed by atoms with E-state index in [9.17, 15) is 68.7 Å². The Morgan fingerprint density at radius 3 is 1.40 bits per heavy atom. The number of anilines is 2. The van der Waals surface area contributed by atoms with Crippen molar-refractivity contribution in [1.29, 1.82) is 0 Å². The SMILES string of the molecule is CN1CCN(CC(=O)O)CCN(CC(=O)O)CCN(CC(=O)O)C(Cc2ccc(Cc3nc(NCCOCCOCCOCCOCCOCCOCCOCCOCCC(=O)O)nc(N4CCN(CCCCCCCCCCC(=O)NCCCC[C@H](NC(=O)N[C@@H](CCC(=O)O)C(=O)O)C(=O)O)CC4)n3)cc2)C1.O=C=O.[Lu]. The van der Waals surface area contributed by atoms with Crippen LogP contribution in [0.1, 0.15) is 113 Å². The van der Waals surface area contributed by atoms with E-state index in [1.165, 1.54) is 0 Å². The number of rotatable bonds is 62. The molecule has 40 heteroatoms. The Bertz CT molecular complexity index is 3020. The van der Waals surface area contributed by atoms with Crippen molar-refractivity contribution >= 4 is 71.8 Å². The monoisotopic (exact) mass is 1770 g/mol. The number of urea groups is 1. The van der Waals surface area contributed by atoms with Crippen LogP contribution in [0.4, 0.5) is 16.7 Å². The van der Waals surface area contributed by atoms with E-state index in [-0.39, 0.29) is 107 Å². The normalized spacial score (nSPS) is 15.3. The van der Waals surface area contributed by atoms with Crippen molar-refractivity contribution in [2.75, 3.05) is 234 Å². The van der Waals surface area contributed by atoms with Gasteiger partial charge in [0.2, 0.25) is 17.8 Å². The van der Waals surface area contributed by atoms with Gasteiger partial charge in [0.1, 0.15) is 17.9 Å². The number of hydrogen-bond donors (Lipinski definition) is 11. The van der Waals surface area contributed by atoms with E-state index in [0.29, 0.717) is 201 Å². The molecule has 3 atom stereocenters. The first kappa shape index (κ1) is 102. The zero-order chi connectivity index (χ0) is 81.8. The molecule has 11 N–H and O–H groups in total. The minimum absolute atomic E-state index is 0. The maximum atomic E-state index is 12.5. The maximum Gasteiger partial charge on any atom is 0.373 e. The molecular weight excluding hydrogens is 1650 g/mol. The summed E-state index contributed by atoms with van der Waals surface area (Å²) in [4.78, 5) is 148. The number of nitrogens with zero attached hydrogens (tertiary/aromatic N) is 9. The first-order valence-corrected chi connectivity index (χ1v) is 38.4. The van der Waals surface area contributed by atoms with Gasteiger partial charge in [0.25, 0.3) is 0 Å². The molecule has 2 aliphatic heterocycles. The van der Waals surface area contributed by atoms with Crippen LogP contribution in [0.15, 0.2) is 24.3 Å². The molecule has 39 nitrogen and oxygen atoms in total. The fourth-order valence-electron chi connectivity index (χ4n) is 11.9. The van der Waals surface area contributed by atoms with Crippen molar-refractivity contribution in [3.05, 3.63) is 41.2 Å². The Hall–Kier alpha value is -7.05. The van der Waals surface area contributed by atoms with Crippen molar-refractivity contribution in [1.82, 2.24) is 55.4 Å². The van der Waals surface area contributed by atoms with Gasteiger partial charge in [-0.2, -0.15) is 24.5 Å². The Balaban J connectivity index is 0.0000106. The van der Waals surface area contributed by atoms with Crippen LogP contribution in [0.5, 0.6) is 0 Å². The molecule has 1 aromatic heterocycles.